The maximum atomic E-state index is 13.4. The lowest BCUT2D eigenvalue weighted by Gasteiger charge is -2.37. The molecule has 1 atom stereocenters. The zero-order valence-corrected chi connectivity index (χ0v) is 18.6. The number of rotatable bonds is 6. The third-order valence-electron chi connectivity index (χ3n) is 6.29. The number of nitrogens with zero attached hydrogens (tertiary/aromatic N) is 1. The summed E-state index contributed by atoms with van der Waals surface area (Å²) < 4.78 is 5.95. The third-order valence-corrected chi connectivity index (χ3v) is 6.29. The summed E-state index contributed by atoms with van der Waals surface area (Å²) in [7, 11) is 0. The lowest BCUT2D eigenvalue weighted by molar-refractivity contribution is 0.0660. The molecule has 0 aromatic heterocycles. The van der Waals surface area contributed by atoms with Crippen molar-refractivity contribution in [3.05, 3.63) is 137 Å². The molecule has 1 heterocycles. The fraction of sp³-hybridized carbons (Fsp3) is 0.167. The lowest BCUT2D eigenvalue weighted by atomic mass is 9.88. The summed E-state index contributed by atoms with van der Waals surface area (Å²) in [6.45, 7) is 1.28. The highest BCUT2D eigenvalue weighted by atomic mass is 16.5. The van der Waals surface area contributed by atoms with Crippen LogP contribution in [0.2, 0.25) is 0 Å². The lowest BCUT2D eigenvalue weighted by Crippen LogP contribution is -2.41. The molecule has 0 fully saturated rings. The van der Waals surface area contributed by atoms with Crippen molar-refractivity contribution in [1.82, 2.24) is 4.90 Å². The number of ether oxygens (including phenoxy) is 1. The second-order valence-corrected chi connectivity index (χ2v) is 8.45. The van der Waals surface area contributed by atoms with Gasteiger partial charge in [-0.25, -0.2) is 0 Å². The highest BCUT2D eigenvalue weighted by Crippen LogP contribution is 2.34. The molecule has 33 heavy (non-hydrogen) atoms. The smallest absolute Gasteiger partial charge is 0.254 e. The fourth-order valence-electron chi connectivity index (χ4n) is 4.55. The molecule has 3 nitrogen and oxygen atoms in total. The first-order valence-corrected chi connectivity index (χ1v) is 11.5. The number of hydrogen-bond acceptors (Lipinski definition) is 2. The summed E-state index contributed by atoms with van der Waals surface area (Å²) in [5.74, 6) is 0.946. The first kappa shape index (κ1) is 21.0. The van der Waals surface area contributed by atoms with Crippen molar-refractivity contribution in [2.45, 2.75) is 25.5 Å². The Morgan fingerprint density at radius 3 is 2.18 bits per heavy atom. The molecule has 1 amide bonds. The average molecular weight is 434 g/mol. The van der Waals surface area contributed by atoms with E-state index in [-0.39, 0.29) is 11.9 Å². The Labute approximate surface area is 195 Å². The van der Waals surface area contributed by atoms with Gasteiger partial charge in [-0.05, 0) is 59.4 Å². The van der Waals surface area contributed by atoms with E-state index in [9.17, 15) is 4.79 Å². The van der Waals surface area contributed by atoms with E-state index in [1.54, 1.807) is 0 Å². The summed E-state index contributed by atoms with van der Waals surface area (Å²) in [6, 6.07) is 36.6. The molecule has 1 unspecified atom stereocenters. The predicted octanol–water partition coefficient (Wildman–Crippen LogP) is 6.25. The Hall–Kier alpha value is -3.85. The Balaban J connectivity index is 1.35. The number of carbonyl (C=O) groups is 1. The fourth-order valence-corrected chi connectivity index (χ4v) is 4.55. The zero-order valence-electron chi connectivity index (χ0n) is 18.6. The number of carbonyl (C=O) groups excluding carboxylic acids is 1. The van der Waals surface area contributed by atoms with Gasteiger partial charge in [0.25, 0.3) is 5.91 Å². The molecule has 0 saturated carbocycles. The van der Waals surface area contributed by atoms with Crippen LogP contribution in [0, 0.1) is 0 Å². The number of benzene rings is 4. The molecule has 0 N–H and O–H groups in total. The van der Waals surface area contributed by atoms with E-state index >= 15 is 0 Å². The molecule has 1 aliphatic heterocycles. The van der Waals surface area contributed by atoms with Crippen LogP contribution in [-0.2, 0) is 19.4 Å². The van der Waals surface area contributed by atoms with E-state index in [1.807, 2.05) is 65.6 Å². The van der Waals surface area contributed by atoms with E-state index in [0.717, 1.165) is 36.3 Å². The first-order chi connectivity index (χ1) is 16.3. The van der Waals surface area contributed by atoms with Crippen LogP contribution in [0.5, 0.6) is 5.75 Å². The molecule has 1 aliphatic rings. The van der Waals surface area contributed by atoms with Gasteiger partial charge < -0.3 is 9.64 Å². The van der Waals surface area contributed by atoms with Crippen molar-refractivity contribution in [1.29, 1.82) is 0 Å². The molecule has 0 spiro atoms. The number of amides is 1. The van der Waals surface area contributed by atoms with Gasteiger partial charge in [0.05, 0.1) is 6.04 Å². The molecule has 5 rings (SSSR count). The molecular weight excluding hydrogens is 406 g/mol. The first-order valence-electron chi connectivity index (χ1n) is 11.5. The molecule has 3 heteroatoms. The Morgan fingerprint density at radius 1 is 0.758 bits per heavy atom. The van der Waals surface area contributed by atoms with Crippen LogP contribution >= 0.6 is 0 Å². The largest absolute Gasteiger partial charge is 0.489 e. The summed E-state index contributed by atoms with van der Waals surface area (Å²) in [4.78, 5) is 15.4. The molecule has 0 radical (unpaired) electrons. The van der Waals surface area contributed by atoms with Gasteiger partial charge in [-0.3, -0.25) is 4.79 Å². The van der Waals surface area contributed by atoms with Crippen molar-refractivity contribution in [3.63, 3.8) is 0 Å². The minimum absolute atomic E-state index is 0.0127. The van der Waals surface area contributed by atoms with Gasteiger partial charge in [0.1, 0.15) is 12.4 Å². The topological polar surface area (TPSA) is 29.5 Å². The quantitative estimate of drug-likeness (QED) is 0.360. The van der Waals surface area contributed by atoms with Crippen LogP contribution in [0.25, 0.3) is 0 Å². The van der Waals surface area contributed by atoms with Crippen molar-refractivity contribution in [2.24, 2.45) is 0 Å². The van der Waals surface area contributed by atoms with Gasteiger partial charge in [0.2, 0.25) is 0 Å². The SMILES string of the molecule is O=C(c1ccccc1)N1CCc2ccccc2C1Cc1ccc(OCc2ccccc2)cc1. The second kappa shape index (κ2) is 9.74. The van der Waals surface area contributed by atoms with E-state index in [2.05, 4.69) is 48.5 Å². The van der Waals surface area contributed by atoms with Crippen LogP contribution < -0.4 is 4.74 Å². The highest BCUT2D eigenvalue weighted by molar-refractivity contribution is 5.94. The van der Waals surface area contributed by atoms with Crippen LogP contribution in [0.15, 0.2) is 109 Å². The van der Waals surface area contributed by atoms with Gasteiger partial charge in [-0.15, -0.1) is 0 Å². The molecule has 0 bridgehead atoms. The summed E-state index contributed by atoms with van der Waals surface area (Å²) in [5.41, 5.74) is 5.66. The van der Waals surface area contributed by atoms with Crippen LogP contribution in [0.4, 0.5) is 0 Å². The predicted molar refractivity (Wildman–Crippen MR) is 131 cm³/mol. The van der Waals surface area contributed by atoms with Gasteiger partial charge in [0, 0.05) is 12.1 Å². The van der Waals surface area contributed by atoms with Crippen LogP contribution in [-0.4, -0.2) is 17.4 Å². The average Bonchev–Trinajstić information content (AvgIpc) is 2.89. The molecule has 4 aromatic carbocycles. The normalized spacial score (nSPS) is 15.0. The maximum Gasteiger partial charge on any atom is 0.254 e. The minimum Gasteiger partial charge on any atom is -0.489 e. The van der Waals surface area contributed by atoms with Gasteiger partial charge in [-0.2, -0.15) is 0 Å². The molecule has 0 aliphatic carbocycles. The molecule has 164 valence electrons. The van der Waals surface area contributed by atoms with Crippen LogP contribution in [0.1, 0.15) is 38.7 Å². The van der Waals surface area contributed by atoms with Crippen molar-refractivity contribution in [3.8, 4) is 5.75 Å². The van der Waals surface area contributed by atoms with Gasteiger partial charge >= 0.3 is 0 Å². The monoisotopic (exact) mass is 433 g/mol. The minimum atomic E-state index is 0.0127. The Bertz CT molecular complexity index is 1200. The number of fused-ring (bicyclic) bond motifs is 1. The zero-order chi connectivity index (χ0) is 22.5. The molecule has 0 saturated heterocycles. The van der Waals surface area contributed by atoms with Crippen molar-refractivity contribution < 1.29 is 9.53 Å². The second-order valence-electron chi connectivity index (χ2n) is 8.45. The number of hydrogen-bond donors (Lipinski definition) is 0. The summed E-state index contributed by atoms with van der Waals surface area (Å²) >= 11 is 0. The molecular formula is C30H27NO2. The van der Waals surface area contributed by atoms with Gasteiger partial charge in [0.15, 0.2) is 0 Å². The van der Waals surface area contributed by atoms with Crippen molar-refractivity contribution in [2.75, 3.05) is 6.54 Å². The highest BCUT2D eigenvalue weighted by Gasteiger charge is 2.31. The summed E-state index contributed by atoms with van der Waals surface area (Å²) in [6.07, 6.45) is 1.66. The van der Waals surface area contributed by atoms with E-state index in [1.165, 1.54) is 16.7 Å². The van der Waals surface area contributed by atoms with E-state index in [4.69, 9.17) is 4.74 Å². The van der Waals surface area contributed by atoms with E-state index < -0.39 is 0 Å². The van der Waals surface area contributed by atoms with Gasteiger partial charge in [-0.1, -0.05) is 84.9 Å². The van der Waals surface area contributed by atoms with Crippen molar-refractivity contribution >= 4 is 5.91 Å². The molecule has 4 aromatic rings. The Morgan fingerprint density at radius 2 is 1.42 bits per heavy atom. The van der Waals surface area contributed by atoms with E-state index in [0.29, 0.717) is 6.61 Å². The maximum absolute atomic E-state index is 13.4. The third kappa shape index (κ3) is 4.83. The standard InChI is InChI=1S/C30H27NO2/c32-30(26-12-5-2-6-13-26)31-20-19-25-11-7-8-14-28(25)29(31)21-23-15-17-27(18-16-23)33-22-24-9-3-1-4-10-24/h1-18,29H,19-22H2. The summed E-state index contributed by atoms with van der Waals surface area (Å²) in [5, 5.41) is 0. The van der Waals surface area contributed by atoms with Crippen LogP contribution in [0.3, 0.4) is 0 Å². The Kier molecular flexibility index (Phi) is 6.21.